The van der Waals surface area contributed by atoms with E-state index in [1.165, 1.54) is 0 Å². The Morgan fingerprint density at radius 3 is 1.90 bits per heavy atom. The number of alkyl halides is 7. The van der Waals surface area contributed by atoms with Crippen LogP contribution in [0.1, 0.15) is 6.92 Å². The normalized spacial score (nSPS) is 14.3. The summed E-state index contributed by atoms with van der Waals surface area (Å²) in [5.74, 6) is -18.2. The lowest BCUT2D eigenvalue weighted by atomic mass is 10.1. The third kappa shape index (κ3) is 3.61. The molecule has 0 saturated heterocycles. The number of ether oxygens (including phenoxy) is 1. The zero-order valence-electron chi connectivity index (χ0n) is 10.1. The Kier molecular flexibility index (Phi) is 5.33. The summed E-state index contributed by atoms with van der Waals surface area (Å²) >= 11 is 0. The number of carbonyl (C=O) groups excluding carboxylic acids is 2. The lowest BCUT2D eigenvalue weighted by Gasteiger charge is -2.29. The highest BCUT2D eigenvalue weighted by Gasteiger charge is 2.77. The molecule has 0 N–H and O–H groups in total. The zero-order chi connectivity index (χ0) is 17.2. The topological polar surface area (TPSA) is 46.6 Å². The summed E-state index contributed by atoms with van der Waals surface area (Å²) in [6.07, 6.45) is -8.86. The molecule has 0 aliphatic carbocycles. The molecule has 0 aromatic heterocycles. The molecule has 0 spiro atoms. The van der Waals surface area contributed by atoms with Gasteiger partial charge in [-0.15, -0.1) is 5.12 Å². The van der Waals surface area contributed by atoms with Gasteiger partial charge in [0.15, 0.2) is 0 Å². The van der Waals surface area contributed by atoms with Crippen molar-refractivity contribution in [1.82, 2.24) is 5.12 Å². The second-order valence-corrected chi connectivity index (χ2v) is 3.50. The summed E-state index contributed by atoms with van der Waals surface area (Å²) in [5, 5.41) is -1.75. The number of hydrogen-bond donors (Lipinski definition) is 0. The summed E-state index contributed by atoms with van der Waals surface area (Å²) < 4.78 is 103. The Morgan fingerprint density at radius 1 is 1.14 bits per heavy atom. The minimum Gasteiger partial charge on any atom is -0.436 e. The molecule has 0 aliphatic rings. The molecule has 4 nitrogen and oxygen atoms in total. The molecule has 0 radical (unpaired) electrons. The van der Waals surface area contributed by atoms with Crippen molar-refractivity contribution in [1.29, 1.82) is 0 Å². The second kappa shape index (κ2) is 5.85. The van der Waals surface area contributed by atoms with Crippen LogP contribution in [-0.4, -0.2) is 41.2 Å². The van der Waals surface area contributed by atoms with Crippen molar-refractivity contribution < 1.29 is 49.5 Å². The van der Waals surface area contributed by atoms with Crippen LogP contribution in [0.4, 0.5) is 35.2 Å². The van der Waals surface area contributed by atoms with Crippen LogP contribution in [0, 0.1) is 0 Å². The van der Waals surface area contributed by atoms with E-state index in [4.69, 9.17) is 0 Å². The van der Waals surface area contributed by atoms with Crippen molar-refractivity contribution in [2.24, 2.45) is 0 Å². The average molecular weight is 329 g/mol. The fourth-order valence-electron chi connectivity index (χ4n) is 0.874. The summed E-state index contributed by atoms with van der Waals surface area (Å²) in [5.41, 5.74) is 0. The molecule has 0 saturated carbocycles. The van der Waals surface area contributed by atoms with Crippen LogP contribution in [0.2, 0.25) is 0 Å². The van der Waals surface area contributed by atoms with Gasteiger partial charge in [-0.05, 0) is 6.92 Å². The summed E-state index contributed by atoms with van der Waals surface area (Å²) in [6.45, 7) is 3.27. The zero-order valence-corrected chi connectivity index (χ0v) is 10.1. The SMILES string of the molecule is C=CC(=O)OC(C)N(F)C(=O)C(F)(F)C(F)(F)C(F)(F)F. The molecule has 0 bridgehead atoms. The summed E-state index contributed by atoms with van der Waals surface area (Å²) in [4.78, 5) is 21.4. The van der Waals surface area contributed by atoms with Gasteiger partial charge in [-0.25, -0.2) is 4.79 Å². The molecule has 0 aromatic rings. The highest BCUT2D eigenvalue weighted by molar-refractivity contribution is 5.85. The number of rotatable bonds is 5. The van der Waals surface area contributed by atoms with Crippen LogP contribution in [0.5, 0.6) is 0 Å². The molecular formula is C9H7F8NO3. The molecule has 0 heterocycles. The molecule has 0 rings (SSSR count). The predicted octanol–water partition coefficient (Wildman–Crippen LogP) is 2.61. The average Bonchev–Trinajstić information content (AvgIpc) is 2.34. The third-order valence-electron chi connectivity index (χ3n) is 1.99. The summed E-state index contributed by atoms with van der Waals surface area (Å²) in [7, 11) is 0. The van der Waals surface area contributed by atoms with E-state index in [2.05, 4.69) is 11.3 Å². The van der Waals surface area contributed by atoms with Crippen molar-refractivity contribution in [2.75, 3.05) is 0 Å². The Labute approximate surface area is 111 Å². The van der Waals surface area contributed by atoms with Gasteiger partial charge < -0.3 is 4.74 Å². The van der Waals surface area contributed by atoms with E-state index in [1.54, 1.807) is 0 Å². The Hall–Kier alpha value is -1.88. The largest absolute Gasteiger partial charge is 0.460 e. The van der Waals surface area contributed by atoms with Crippen molar-refractivity contribution in [3.05, 3.63) is 12.7 Å². The van der Waals surface area contributed by atoms with Gasteiger partial charge in [-0.1, -0.05) is 11.1 Å². The first-order valence-corrected chi connectivity index (χ1v) is 4.85. The maximum atomic E-state index is 13.1. The molecule has 12 heteroatoms. The number of nitrogens with zero attached hydrogens (tertiary/aromatic N) is 1. The van der Waals surface area contributed by atoms with Crippen LogP contribution >= 0.6 is 0 Å². The fraction of sp³-hybridized carbons (Fsp3) is 0.556. The first-order valence-electron chi connectivity index (χ1n) is 4.85. The van der Waals surface area contributed by atoms with Crippen LogP contribution < -0.4 is 0 Å². The van der Waals surface area contributed by atoms with E-state index in [-0.39, 0.29) is 0 Å². The molecule has 0 fully saturated rings. The minimum absolute atomic E-state index is 0.414. The van der Waals surface area contributed by atoms with Gasteiger partial charge in [0.2, 0.25) is 6.23 Å². The van der Waals surface area contributed by atoms with Crippen LogP contribution in [-0.2, 0) is 14.3 Å². The molecule has 1 amide bonds. The minimum atomic E-state index is -6.82. The second-order valence-electron chi connectivity index (χ2n) is 3.50. The number of esters is 1. The number of amides is 1. The third-order valence-corrected chi connectivity index (χ3v) is 1.99. The van der Waals surface area contributed by atoms with Gasteiger partial charge in [-0.2, -0.15) is 30.7 Å². The van der Waals surface area contributed by atoms with Crippen LogP contribution in [0.25, 0.3) is 0 Å². The van der Waals surface area contributed by atoms with Crippen molar-refractivity contribution in [3.8, 4) is 0 Å². The summed E-state index contributed by atoms with van der Waals surface area (Å²) in [6, 6.07) is 0. The van der Waals surface area contributed by atoms with E-state index in [0.29, 0.717) is 13.0 Å². The molecule has 0 aromatic carbocycles. The molecule has 1 unspecified atom stereocenters. The maximum absolute atomic E-state index is 13.1. The standard InChI is InChI=1S/C9H7F8NO3/c1-3-5(19)21-4(2)18(17)6(20)7(10,11)8(12,13)9(14,15)16/h3-4H,1H2,2H3. The van der Waals surface area contributed by atoms with Gasteiger partial charge in [0.25, 0.3) is 0 Å². The van der Waals surface area contributed by atoms with E-state index >= 15 is 0 Å². The fourth-order valence-corrected chi connectivity index (χ4v) is 0.874. The van der Waals surface area contributed by atoms with Crippen LogP contribution in [0.3, 0.4) is 0 Å². The van der Waals surface area contributed by atoms with Gasteiger partial charge in [0, 0.05) is 6.08 Å². The van der Waals surface area contributed by atoms with E-state index in [1.807, 2.05) is 0 Å². The maximum Gasteiger partial charge on any atom is 0.460 e. The van der Waals surface area contributed by atoms with Gasteiger partial charge in [-0.3, -0.25) is 4.79 Å². The highest BCUT2D eigenvalue weighted by Crippen LogP contribution is 2.47. The molecular weight excluding hydrogens is 322 g/mol. The lowest BCUT2D eigenvalue weighted by Crippen LogP contribution is -2.60. The number of carbonyl (C=O) groups is 2. The molecule has 0 aliphatic heterocycles. The molecule has 1 atom stereocenters. The smallest absolute Gasteiger partial charge is 0.436 e. The van der Waals surface area contributed by atoms with E-state index < -0.39 is 41.2 Å². The van der Waals surface area contributed by atoms with Gasteiger partial charge >= 0.3 is 29.9 Å². The Bertz CT molecular complexity index is 433. The Balaban J connectivity index is 5.31. The Morgan fingerprint density at radius 2 is 1.57 bits per heavy atom. The highest BCUT2D eigenvalue weighted by atomic mass is 19.4. The van der Waals surface area contributed by atoms with Crippen molar-refractivity contribution in [2.45, 2.75) is 31.2 Å². The van der Waals surface area contributed by atoms with Gasteiger partial charge in [0.05, 0.1) is 0 Å². The number of hydrogen-bond acceptors (Lipinski definition) is 3. The molecule has 122 valence electrons. The van der Waals surface area contributed by atoms with Crippen LogP contribution in [0.15, 0.2) is 12.7 Å². The quantitative estimate of drug-likeness (QED) is 0.256. The van der Waals surface area contributed by atoms with Crippen molar-refractivity contribution in [3.63, 3.8) is 0 Å². The van der Waals surface area contributed by atoms with E-state index in [9.17, 15) is 44.8 Å². The number of halogens is 8. The molecule has 21 heavy (non-hydrogen) atoms. The first kappa shape index (κ1) is 19.1. The van der Waals surface area contributed by atoms with Gasteiger partial charge in [0.1, 0.15) is 0 Å². The first-order chi connectivity index (χ1) is 9.20. The monoisotopic (exact) mass is 329 g/mol. The lowest BCUT2D eigenvalue weighted by molar-refractivity contribution is -0.349. The predicted molar refractivity (Wildman–Crippen MR) is 49.7 cm³/mol. The van der Waals surface area contributed by atoms with Crippen molar-refractivity contribution >= 4 is 11.9 Å². The van der Waals surface area contributed by atoms with E-state index in [0.717, 1.165) is 0 Å².